The first-order valence-electron chi connectivity index (χ1n) is 9.76. The third-order valence-electron chi connectivity index (χ3n) is 4.43. The van der Waals surface area contributed by atoms with Crippen molar-refractivity contribution in [3.63, 3.8) is 0 Å². The second-order valence-electron chi connectivity index (χ2n) is 6.73. The van der Waals surface area contributed by atoms with Crippen molar-refractivity contribution in [2.24, 2.45) is 16.5 Å². The zero-order valence-corrected chi connectivity index (χ0v) is 16.8. The number of guanidine groups is 1. The molecule has 8 nitrogen and oxygen atoms in total. The summed E-state index contributed by atoms with van der Waals surface area (Å²) in [7, 11) is 0. The van der Waals surface area contributed by atoms with E-state index in [9.17, 15) is 14.7 Å². The molecule has 0 aromatic heterocycles. The van der Waals surface area contributed by atoms with Crippen LogP contribution in [-0.4, -0.2) is 48.7 Å². The van der Waals surface area contributed by atoms with Gasteiger partial charge in [0.15, 0.2) is 5.96 Å². The van der Waals surface area contributed by atoms with E-state index < -0.39 is 17.9 Å². The molecular weight excluding hydrogens is 384 g/mol. The van der Waals surface area contributed by atoms with Crippen LogP contribution in [0.2, 0.25) is 0 Å². The van der Waals surface area contributed by atoms with Gasteiger partial charge >= 0.3 is 5.97 Å². The minimum Gasteiger partial charge on any atom is -0.480 e. The highest BCUT2D eigenvalue weighted by Gasteiger charge is 2.19. The molecule has 1 atom stereocenters. The number of carbonyl (C=O) groups excluding carboxylic acids is 1. The van der Waals surface area contributed by atoms with Gasteiger partial charge in [-0.2, -0.15) is 0 Å². The Labute approximate surface area is 175 Å². The quantitative estimate of drug-likeness (QED) is 0.237. The number of nitrogens with one attached hydrogen (secondary N) is 1. The van der Waals surface area contributed by atoms with E-state index in [1.54, 1.807) is 0 Å². The van der Waals surface area contributed by atoms with E-state index in [4.69, 9.17) is 16.2 Å². The number of hydrogen-bond acceptors (Lipinski definition) is 4. The van der Waals surface area contributed by atoms with Crippen LogP contribution in [0.5, 0.6) is 0 Å². The lowest BCUT2D eigenvalue weighted by Gasteiger charge is -2.14. The number of hydrogen-bond donors (Lipinski definition) is 4. The van der Waals surface area contributed by atoms with Gasteiger partial charge in [0.25, 0.3) is 0 Å². The lowest BCUT2D eigenvalue weighted by molar-refractivity contribution is -0.142. The molecule has 0 saturated carbocycles. The molecular formula is C22H28N4O4. The first-order chi connectivity index (χ1) is 14.5. The Hall–Kier alpha value is -3.39. The monoisotopic (exact) mass is 412 g/mol. The Morgan fingerprint density at radius 2 is 1.77 bits per heavy atom. The smallest absolute Gasteiger partial charge is 0.326 e. The van der Waals surface area contributed by atoms with Crippen molar-refractivity contribution in [1.29, 1.82) is 0 Å². The van der Waals surface area contributed by atoms with Crippen molar-refractivity contribution in [3.05, 3.63) is 60.2 Å². The summed E-state index contributed by atoms with van der Waals surface area (Å²) < 4.78 is 5.47. The third-order valence-corrected chi connectivity index (χ3v) is 4.43. The predicted octanol–water partition coefficient (Wildman–Crippen LogP) is 1.54. The largest absolute Gasteiger partial charge is 0.480 e. The number of aliphatic imine (C=N–C) groups is 1. The molecule has 0 spiro atoms. The molecule has 0 aliphatic rings. The fourth-order valence-electron chi connectivity index (χ4n) is 2.98. The molecule has 30 heavy (non-hydrogen) atoms. The minimum absolute atomic E-state index is 0.0480. The van der Waals surface area contributed by atoms with Crippen molar-refractivity contribution < 1.29 is 19.4 Å². The fraction of sp³-hybridized carbons (Fsp3) is 0.318. The SMILES string of the molecule is NC(N)=NCCC[C@H](NC(=O)COCCc1ccccc1-c1ccccc1)C(=O)O. The van der Waals surface area contributed by atoms with E-state index in [1.165, 1.54) is 0 Å². The van der Waals surface area contributed by atoms with Crippen molar-refractivity contribution in [2.45, 2.75) is 25.3 Å². The van der Waals surface area contributed by atoms with Gasteiger partial charge in [-0.15, -0.1) is 0 Å². The van der Waals surface area contributed by atoms with Crippen molar-refractivity contribution in [2.75, 3.05) is 19.8 Å². The van der Waals surface area contributed by atoms with E-state index in [0.717, 1.165) is 16.7 Å². The molecule has 2 rings (SSSR count). The molecule has 1 amide bonds. The molecule has 0 fully saturated rings. The summed E-state index contributed by atoms with van der Waals surface area (Å²) in [6.07, 6.45) is 1.30. The normalized spacial score (nSPS) is 11.5. The Bertz CT molecular complexity index is 851. The predicted molar refractivity (Wildman–Crippen MR) is 116 cm³/mol. The molecule has 6 N–H and O–H groups in total. The lowest BCUT2D eigenvalue weighted by atomic mass is 9.98. The van der Waals surface area contributed by atoms with Gasteiger partial charge in [0, 0.05) is 6.54 Å². The Morgan fingerprint density at radius 1 is 1.07 bits per heavy atom. The zero-order chi connectivity index (χ0) is 21.8. The highest BCUT2D eigenvalue weighted by Crippen LogP contribution is 2.23. The van der Waals surface area contributed by atoms with Crippen LogP contribution in [0.3, 0.4) is 0 Å². The maximum absolute atomic E-state index is 12.0. The van der Waals surface area contributed by atoms with Crippen LogP contribution in [0.25, 0.3) is 11.1 Å². The maximum atomic E-state index is 12.0. The summed E-state index contributed by atoms with van der Waals surface area (Å²) in [6.45, 7) is 0.448. The van der Waals surface area contributed by atoms with Crippen LogP contribution < -0.4 is 16.8 Å². The Kier molecular flexibility index (Phi) is 9.33. The van der Waals surface area contributed by atoms with Crippen molar-refractivity contribution in [1.82, 2.24) is 5.32 Å². The van der Waals surface area contributed by atoms with E-state index in [-0.39, 0.29) is 19.0 Å². The van der Waals surface area contributed by atoms with E-state index in [0.29, 0.717) is 26.0 Å². The topological polar surface area (TPSA) is 140 Å². The zero-order valence-electron chi connectivity index (χ0n) is 16.8. The summed E-state index contributed by atoms with van der Waals surface area (Å²) in [5.41, 5.74) is 13.8. The number of rotatable bonds is 12. The van der Waals surface area contributed by atoms with Gasteiger partial charge in [-0.25, -0.2) is 4.79 Å². The van der Waals surface area contributed by atoms with Crippen molar-refractivity contribution in [3.8, 4) is 11.1 Å². The molecule has 2 aromatic carbocycles. The average Bonchev–Trinajstić information content (AvgIpc) is 2.74. The van der Waals surface area contributed by atoms with Crippen LogP contribution in [0.15, 0.2) is 59.6 Å². The number of nitrogens with two attached hydrogens (primary N) is 2. The summed E-state index contributed by atoms with van der Waals surface area (Å²) in [6, 6.07) is 17.1. The average molecular weight is 412 g/mol. The van der Waals surface area contributed by atoms with Crippen LogP contribution in [0, 0.1) is 0 Å². The Morgan fingerprint density at radius 3 is 2.47 bits per heavy atom. The molecule has 0 unspecified atom stereocenters. The molecule has 8 heteroatoms. The van der Waals surface area contributed by atoms with Gasteiger partial charge in [0.2, 0.25) is 5.91 Å². The molecule has 0 heterocycles. The number of benzene rings is 2. The van der Waals surface area contributed by atoms with Gasteiger partial charge in [-0.05, 0) is 36.0 Å². The number of carboxylic acids is 1. The van der Waals surface area contributed by atoms with Crippen LogP contribution in [-0.2, 0) is 20.7 Å². The molecule has 2 aromatic rings. The maximum Gasteiger partial charge on any atom is 0.326 e. The number of carbonyl (C=O) groups is 2. The first-order valence-corrected chi connectivity index (χ1v) is 9.76. The third kappa shape index (κ3) is 7.92. The van der Waals surface area contributed by atoms with Gasteiger partial charge in [0.1, 0.15) is 12.6 Å². The van der Waals surface area contributed by atoms with Crippen LogP contribution >= 0.6 is 0 Å². The van der Waals surface area contributed by atoms with Crippen molar-refractivity contribution >= 4 is 17.8 Å². The van der Waals surface area contributed by atoms with Gasteiger partial charge in [-0.1, -0.05) is 54.6 Å². The van der Waals surface area contributed by atoms with Gasteiger partial charge in [-0.3, -0.25) is 9.79 Å². The summed E-state index contributed by atoms with van der Waals surface area (Å²) in [5, 5.41) is 11.7. The van der Waals surface area contributed by atoms with Crippen LogP contribution in [0.1, 0.15) is 18.4 Å². The standard InChI is InChI=1S/C22H28N4O4/c23-22(24)25-13-6-11-19(21(28)29)26-20(27)15-30-14-12-17-9-4-5-10-18(17)16-7-2-1-3-8-16/h1-5,7-10,19H,6,11-15H2,(H,26,27)(H,28,29)(H4,23,24,25)/t19-/m0/s1. The number of aliphatic carboxylic acids is 1. The second-order valence-corrected chi connectivity index (χ2v) is 6.73. The molecule has 0 saturated heterocycles. The lowest BCUT2D eigenvalue weighted by Crippen LogP contribution is -2.42. The number of amides is 1. The highest BCUT2D eigenvalue weighted by atomic mass is 16.5. The van der Waals surface area contributed by atoms with E-state index in [1.807, 2.05) is 48.5 Å². The summed E-state index contributed by atoms with van der Waals surface area (Å²) >= 11 is 0. The van der Waals surface area contributed by atoms with E-state index >= 15 is 0 Å². The first kappa shape index (κ1) is 22.9. The molecule has 160 valence electrons. The van der Waals surface area contributed by atoms with Gasteiger partial charge < -0.3 is 26.6 Å². The van der Waals surface area contributed by atoms with Gasteiger partial charge in [0.05, 0.1) is 6.61 Å². The Balaban J connectivity index is 1.78. The molecule has 0 radical (unpaired) electrons. The summed E-state index contributed by atoms with van der Waals surface area (Å²) in [5.74, 6) is -1.63. The fourth-order valence-corrected chi connectivity index (χ4v) is 2.98. The second kappa shape index (κ2) is 12.2. The highest BCUT2D eigenvalue weighted by molar-refractivity contribution is 5.84. The molecule has 0 bridgehead atoms. The number of carboxylic acid groups (broad SMARTS) is 1. The minimum atomic E-state index is -1.11. The van der Waals surface area contributed by atoms with E-state index in [2.05, 4.69) is 16.4 Å². The molecule has 0 aliphatic carbocycles. The number of ether oxygens (including phenoxy) is 1. The summed E-state index contributed by atoms with van der Waals surface area (Å²) in [4.78, 5) is 27.1. The number of nitrogens with zero attached hydrogens (tertiary/aromatic N) is 1. The van der Waals surface area contributed by atoms with Crippen LogP contribution in [0.4, 0.5) is 0 Å². The molecule has 0 aliphatic heterocycles.